The summed E-state index contributed by atoms with van der Waals surface area (Å²) in [5, 5.41) is 11.2. The van der Waals surface area contributed by atoms with Gasteiger partial charge in [-0.25, -0.2) is 15.8 Å². The molecule has 19 heavy (non-hydrogen) atoms. The van der Waals surface area contributed by atoms with Gasteiger partial charge in [-0.3, -0.25) is 10.1 Å². The number of nitrogens with zero attached hydrogens (tertiary/aromatic N) is 3. The molecule has 0 aliphatic rings. The van der Waals surface area contributed by atoms with Crippen molar-refractivity contribution in [2.75, 3.05) is 5.43 Å². The predicted octanol–water partition coefficient (Wildman–Crippen LogP) is 2.58. The number of nitrogen functional groups attached to an aromatic ring is 1. The van der Waals surface area contributed by atoms with E-state index < -0.39 is 4.92 Å². The number of hydrogen-bond donors (Lipinski definition) is 2. The van der Waals surface area contributed by atoms with Crippen LogP contribution < -0.4 is 11.3 Å². The van der Waals surface area contributed by atoms with Gasteiger partial charge in [-0.1, -0.05) is 11.8 Å². The minimum Gasteiger partial charge on any atom is -0.307 e. The van der Waals surface area contributed by atoms with Crippen molar-refractivity contribution in [2.45, 2.75) is 9.92 Å². The quantitative estimate of drug-likeness (QED) is 0.381. The lowest BCUT2D eigenvalue weighted by Gasteiger charge is -2.06. The minimum atomic E-state index is -0.439. The van der Waals surface area contributed by atoms with Gasteiger partial charge in [-0.15, -0.1) is 0 Å². The molecular weight excluding hydrogens is 334 g/mol. The number of hydrogen-bond acceptors (Lipinski definition) is 7. The molecule has 0 aliphatic heterocycles. The molecule has 1 heterocycles. The van der Waals surface area contributed by atoms with Crippen LogP contribution in [0.2, 0.25) is 0 Å². The number of nitrogens with two attached hydrogens (primary N) is 1. The van der Waals surface area contributed by atoms with Crippen molar-refractivity contribution >= 4 is 39.2 Å². The van der Waals surface area contributed by atoms with E-state index in [1.807, 2.05) is 0 Å². The van der Waals surface area contributed by atoms with E-state index in [0.29, 0.717) is 15.3 Å². The van der Waals surface area contributed by atoms with Gasteiger partial charge < -0.3 is 5.43 Å². The molecule has 0 spiro atoms. The first kappa shape index (κ1) is 13.7. The fourth-order valence-electron chi connectivity index (χ4n) is 1.27. The second-order valence-corrected chi connectivity index (χ2v) is 5.19. The van der Waals surface area contributed by atoms with E-state index in [1.165, 1.54) is 30.2 Å². The number of halogens is 1. The number of non-ortho nitro benzene ring substituents is 1. The van der Waals surface area contributed by atoms with Crippen LogP contribution in [-0.4, -0.2) is 14.9 Å². The maximum Gasteiger partial charge on any atom is 0.269 e. The number of nitro groups is 1. The highest BCUT2D eigenvalue weighted by atomic mass is 79.9. The molecule has 0 radical (unpaired) electrons. The van der Waals surface area contributed by atoms with Gasteiger partial charge in [0.05, 0.1) is 9.40 Å². The Morgan fingerprint density at radius 1 is 1.32 bits per heavy atom. The Bertz CT molecular complexity index is 607. The van der Waals surface area contributed by atoms with E-state index >= 15 is 0 Å². The smallest absolute Gasteiger partial charge is 0.269 e. The van der Waals surface area contributed by atoms with Crippen LogP contribution in [0.5, 0.6) is 0 Å². The summed E-state index contributed by atoms with van der Waals surface area (Å²) in [6, 6.07) is 6.21. The number of benzene rings is 1. The maximum absolute atomic E-state index is 10.6. The van der Waals surface area contributed by atoms with E-state index in [1.54, 1.807) is 12.1 Å². The average Bonchev–Trinajstić information content (AvgIpc) is 2.42. The molecule has 98 valence electrons. The highest BCUT2D eigenvalue weighted by Gasteiger charge is 2.10. The fourth-order valence-corrected chi connectivity index (χ4v) is 2.62. The molecule has 0 saturated carbocycles. The molecule has 9 heteroatoms. The van der Waals surface area contributed by atoms with Crippen LogP contribution in [0.25, 0.3) is 0 Å². The van der Waals surface area contributed by atoms with Crippen LogP contribution in [0.1, 0.15) is 0 Å². The Balaban J connectivity index is 2.24. The number of aromatic nitrogens is 2. The number of hydrazine groups is 1. The van der Waals surface area contributed by atoms with Gasteiger partial charge in [-0.05, 0) is 28.1 Å². The van der Waals surface area contributed by atoms with Crippen LogP contribution in [0, 0.1) is 10.1 Å². The van der Waals surface area contributed by atoms with E-state index in [0.717, 1.165) is 4.90 Å². The highest BCUT2D eigenvalue weighted by molar-refractivity contribution is 9.10. The van der Waals surface area contributed by atoms with Gasteiger partial charge >= 0.3 is 0 Å². The number of nitrogens with one attached hydrogen (secondary N) is 1. The normalized spacial score (nSPS) is 10.2. The van der Waals surface area contributed by atoms with Crippen LogP contribution in [0.3, 0.4) is 0 Å². The molecule has 2 rings (SSSR count). The number of anilines is 1. The molecule has 0 fully saturated rings. The molecule has 0 aliphatic carbocycles. The first-order chi connectivity index (χ1) is 9.11. The second kappa shape index (κ2) is 5.95. The van der Waals surface area contributed by atoms with Crippen molar-refractivity contribution in [3.05, 3.63) is 45.2 Å². The van der Waals surface area contributed by atoms with Crippen molar-refractivity contribution < 1.29 is 4.92 Å². The summed E-state index contributed by atoms with van der Waals surface area (Å²) < 4.78 is 0.640. The van der Waals surface area contributed by atoms with E-state index in [4.69, 9.17) is 5.84 Å². The Kier molecular flexibility index (Phi) is 4.30. The zero-order valence-corrected chi connectivity index (χ0v) is 11.8. The standard InChI is InChI=1S/C10H8BrN5O2S/c11-8-9(15-12)13-5-14-10(8)19-7-3-1-6(2-4-7)16(17)18/h1-5H,12H2,(H,13,14,15). The summed E-state index contributed by atoms with van der Waals surface area (Å²) in [6.45, 7) is 0. The lowest BCUT2D eigenvalue weighted by atomic mass is 10.3. The number of nitro benzene ring substituents is 1. The van der Waals surface area contributed by atoms with Crippen LogP contribution in [-0.2, 0) is 0 Å². The minimum absolute atomic E-state index is 0.0513. The SMILES string of the molecule is NNc1ncnc(Sc2ccc([N+](=O)[O-])cc2)c1Br. The highest BCUT2D eigenvalue weighted by Crippen LogP contribution is 2.34. The third kappa shape index (κ3) is 3.19. The third-order valence-corrected chi connectivity index (χ3v) is 4.18. The van der Waals surface area contributed by atoms with Gasteiger partial charge in [0, 0.05) is 17.0 Å². The summed E-state index contributed by atoms with van der Waals surface area (Å²) in [6.07, 6.45) is 1.38. The van der Waals surface area contributed by atoms with Crippen LogP contribution in [0.4, 0.5) is 11.5 Å². The first-order valence-electron chi connectivity index (χ1n) is 5.01. The Labute approximate surface area is 120 Å². The van der Waals surface area contributed by atoms with Crippen molar-refractivity contribution in [1.29, 1.82) is 0 Å². The fraction of sp³-hybridized carbons (Fsp3) is 0. The van der Waals surface area contributed by atoms with Gasteiger partial charge in [-0.2, -0.15) is 0 Å². The Morgan fingerprint density at radius 2 is 2.00 bits per heavy atom. The topological polar surface area (TPSA) is 107 Å². The third-order valence-electron chi connectivity index (χ3n) is 2.16. The summed E-state index contributed by atoms with van der Waals surface area (Å²) in [7, 11) is 0. The monoisotopic (exact) mass is 341 g/mol. The predicted molar refractivity (Wildman–Crippen MR) is 74.8 cm³/mol. The molecule has 0 atom stereocenters. The molecule has 2 aromatic rings. The molecule has 0 amide bonds. The van der Waals surface area contributed by atoms with E-state index in [-0.39, 0.29) is 5.69 Å². The molecular formula is C10H8BrN5O2S. The molecule has 7 nitrogen and oxygen atoms in total. The molecule has 0 saturated heterocycles. The summed E-state index contributed by atoms with van der Waals surface area (Å²) in [4.78, 5) is 19.0. The largest absolute Gasteiger partial charge is 0.307 e. The van der Waals surface area contributed by atoms with Gasteiger partial charge in [0.25, 0.3) is 5.69 Å². The Morgan fingerprint density at radius 3 is 2.58 bits per heavy atom. The van der Waals surface area contributed by atoms with Crippen LogP contribution in [0.15, 0.2) is 45.0 Å². The summed E-state index contributed by atoms with van der Waals surface area (Å²) in [5.41, 5.74) is 2.50. The van der Waals surface area contributed by atoms with Crippen molar-refractivity contribution in [1.82, 2.24) is 9.97 Å². The lowest BCUT2D eigenvalue weighted by molar-refractivity contribution is -0.384. The van der Waals surface area contributed by atoms with E-state index in [9.17, 15) is 10.1 Å². The number of rotatable bonds is 4. The second-order valence-electron chi connectivity index (χ2n) is 3.34. The first-order valence-corrected chi connectivity index (χ1v) is 6.62. The molecule has 0 bridgehead atoms. The summed E-state index contributed by atoms with van der Waals surface area (Å²) in [5.74, 6) is 5.78. The van der Waals surface area contributed by atoms with Crippen LogP contribution >= 0.6 is 27.7 Å². The lowest BCUT2D eigenvalue weighted by Crippen LogP contribution is -2.09. The molecule has 1 aromatic carbocycles. The molecule has 0 unspecified atom stereocenters. The Hall–Kier alpha value is -1.71. The zero-order valence-electron chi connectivity index (χ0n) is 9.41. The van der Waals surface area contributed by atoms with Gasteiger partial charge in [0.15, 0.2) is 5.82 Å². The van der Waals surface area contributed by atoms with Crippen molar-refractivity contribution in [3.8, 4) is 0 Å². The molecule has 1 aromatic heterocycles. The average molecular weight is 342 g/mol. The van der Waals surface area contributed by atoms with Crippen molar-refractivity contribution in [2.24, 2.45) is 5.84 Å². The van der Waals surface area contributed by atoms with Crippen molar-refractivity contribution in [3.63, 3.8) is 0 Å². The zero-order chi connectivity index (χ0) is 13.8. The molecule has 3 N–H and O–H groups in total. The van der Waals surface area contributed by atoms with Gasteiger partial charge in [0.2, 0.25) is 0 Å². The summed E-state index contributed by atoms with van der Waals surface area (Å²) >= 11 is 4.69. The van der Waals surface area contributed by atoms with Gasteiger partial charge in [0.1, 0.15) is 11.4 Å². The maximum atomic E-state index is 10.6. The van der Waals surface area contributed by atoms with E-state index in [2.05, 4.69) is 31.3 Å².